The van der Waals surface area contributed by atoms with Crippen molar-refractivity contribution in [2.24, 2.45) is 11.7 Å². The number of rotatable bonds is 6. The van der Waals surface area contributed by atoms with Gasteiger partial charge in [0.15, 0.2) is 6.61 Å². The minimum absolute atomic E-state index is 0.0258. The number of nitrogens with two attached hydrogens (primary N) is 1. The van der Waals surface area contributed by atoms with E-state index in [2.05, 4.69) is 0 Å². The van der Waals surface area contributed by atoms with Crippen LogP contribution in [0.4, 0.5) is 0 Å². The summed E-state index contributed by atoms with van der Waals surface area (Å²) in [7, 11) is -3.73. The van der Waals surface area contributed by atoms with E-state index in [4.69, 9.17) is 22.1 Å². The molecule has 0 spiro atoms. The maximum absolute atomic E-state index is 12.9. The Morgan fingerprint density at radius 1 is 1.14 bits per heavy atom. The van der Waals surface area contributed by atoms with Crippen LogP contribution >= 0.6 is 11.6 Å². The zero-order chi connectivity index (χ0) is 20.3. The molecule has 0 saturated carbocycles. The van der Waals surface area contributed by atoms with Crippen molar-refractivity contribution in [3.05, 3.63) is 23.2 Å². The van der Waals surface area contributed by atoms with Gasteiger partial charge < -0.3 is 15.4 Å². The number of piperidine rings is 1. The van der Waals surface area contributed by atoms with Crippen molar-refractivity contribution >= 4 is 33.4 Å². The van der Waals surface area contributed by atoms with Gasteiger partial charge in [-0.3, -0.25) is 9.59 Å². The molecule has 2 aliphatic rings. The minimum Gasteiger partial charge on any atom is -0.482 e. The smallest absolute Gasteiger partial charge is 0.260 e. The predicted octanol–water partition coefficient (Wildman–Crippen LogP) is 1.23. The van der Waals surface area contributed by atoms with Gasteiger partial charge in [0.1, 0.15) is 10.6 Å². The van der Waals surface area contributed by atoms with Crippen LogP contribution < -0.4 is 10.5 Å². The van der Waals surface area contributed by atoms with E-state index in [-0.39, 0.29) is 40.0 Å². The molecule has 2 fully saturated rings. The van der Waals surface area contributed by atoms with Crippen LogP contribution in [0.5, 0.6) is 5.75 Å². The number of hydrogen-bond donors (Lipinski definition) is 1. The standard InChI is InChI=1S/C18H24ClN3O5S/c19-14-3-4-15(16(11-14)28(25,26)22-7-1-2-8-22)27-12-17(23)21-9-5-13(6-10-21)18(20)24/h3-4,11,13H,1-2,5-10,12H2,(H2,20,24). The van der Waals surface area contributed by atoms with Crippen molar-refractivity contribution in [2.75, 3.05) is 32.8 Å². The summed E-state index contributed by atoms with van der Waals surface area (Å²) in [5.41, 5.74) is 5.31. The molecule has 0 atom stereocenters. The number of hydrogen-bond acceptors (Lipinski definition) is 5. The van der Waals surface area contributed by atoms with Gasteiger partial charge in [-0.15, -0.1) is 0 Å². The Morgan fingerprint density at radius 2 is 1.79 bits per heavy atom. The summed E-state index contributed by atoms with van der Waals surface area (Å²) in [5, 5.41) is 0.282. The summed E-state index contributed by atoms with van der Waals surface area (Å²) in [6.07, 6.45) is 2.68. The van der Waals surface area contributed by atoms with Gasteiger partial charge in [0.25, 0.3) is 5.91 Å². The van der Waals surface area contributed by atoms with E-state index in [1.807, 2.05) is 0 Å². The van der Waals surface area contributed by atoms with Gasteiger partial charge in [-0.2, -0.15) is 4.31 Å². The summed E-state index contributed by atoms with van der Waals surface area (Å²) < 4.78 is 32.8. The van der Waals surface area contributed by atoms with Crippen LogP contribution in [0.3, 0.4) is 0 Å². The van der Waals surface area contributed by atoms with Crippen LogP contribution in [0.15, 0.2) is 23.1 Å². The Bertz CT molecular complexity index is 847. The zero-order valence-electron chi connectivity index (χ0n) is 15.5. The molecule has 2 heterocycles. The lowest BCUT2D eigenvalue weighted by atomic mass is 9.96. The average Bonchev–Trinajstić information content (AvgIpc) is 3.22. The number of carbonyl (C=O) groups excluding carboxylic acids is 2. The quantitative estimate of drug-likeness (QED) is 0.731. The van der Waals surface area contributed by atoms with E-state index in [0.29, 0.717) is 39.0 Å². The molecule has 2 aliphatic heterocycles. The number of sulfonamides is 1. The second-order valence-corrected chi connectivity index (χ2v) is 9.39. The minimum atomic E-state index is -3.73. The molecular formula is C18H24ClN3O5S. The van der Waals surface area contributed by atoms with Gasteiger partial charge in [-0.1, -0.05) is 11.6 Å². The predicted molar refractivity (Wildman–Crippen MR) is 103 cm³/mol. The van der Waals surface area contributed by atoms with Gasteiger partial charge in [0.05, 0.1) is 0 Å². The molecule has 2 amide bonds. The fourth-order valence-electron chi connectivity index (χ4n) is 3.51. The lowest BCUT2D eigenvalue weighted by molar-refractivity contribution is -0.136. The Labute approximate surface area is 169 Å². The molecule has 2 saturated heterocycles. The van der Waals surface area contributed by atoms with Gasteiger partial charge in [-0.05, 0) is 43.9 Å². The highest BCUT2D eigenvalue weighted by Gasteiger charge is 2.31. The molecule has 0 unspecified atom stereocenters. The van der Waals surface area contributed by atoms with Crippen LogP contribution in [0.25, 0.3) is 0 Å². The topological polar surface area (TPSA) is 110 Å². The molecule has 1 aromatic rings. The lowest BCUT2D eigenvalue weighted by Gasteiger charge is -2.30. The molecule has 2 N–H and O–H groups in total. The first-order chi connectivity index (χ1) is 13.3. The van der Waals surface area contributed by atoms with E-state index >= 15 is 0 Å². The number of halogens is 1. The molecule has 0 bridgehead atoms. The maximum Gasteiger partial charge on any atom is 0.260 e. The first-order valence-electron chi connectivity index (χ1n) is 9.28. The van der Waals surface area contributed by atoms with Crippen molar-refractivity contribution in [3.8, 4) is 5.75 Å². The molecule has 0 aliphatic carbocycles. The zero-order valence-corrected chi connectivity index (χ0v) is 17.0. The van der Waals surface area contributed by atoms with E-state index in [1.54, 1.807) is 4.90 Å². The van der Waals surface area contributed by atoms with E-state index in [0.717, 1.165) is 12.8 Å². The summed E-state index contributed by atoms with van der Waals surface area (Å²) in [6, 6.07) is 4.36. The second-order valence-electron chi connectivity index (χ2n) is 7.05. The van der Waals surface area contributed by atoms with E-state index in [9.17, 15) is 18.0 Å². The van der Waals surface area contributed by atoms with E-state index < -0.39 is 10.0 Å². The third-order valence-electron chi connectivity index (χ3n) is 5.19. The van der Waals surface area contributed by atoms with Gasteiger partial charge in [0, 0.05) is 37.1 Å². The molecule has 3 rings (SSSR count). The third kappa shape index (κ3) is 4.59. The molecule has 1 aromatic carbocycles. The Kier molecular flexibility index (Phi) is 6.47. The van der Waals surface area contributed by atoms with Crippen molar-refractivity contribution in [1.82, 2.24) is 9.21 Å². The number of nitrogens with zero attached hydrogens (tertiary/aromatic N) is 2. The molecule has 10 heteroatoms. The second kappa shape index (κ2) is 8.67. The fraction of sp³-hybridized carbons (Fsp3) is 0.556. The largest absolute Gasteiger partial charge is 0.482 e. The van der Waals surface area contributed by atoms with Crippen molar-refractivity contribution in [2.45, 2.75) is 30.6 Å². The summed E-state index contributed by atoms with van der Waals surface area (Å²) in [6.45, 7) is 1.49. The number of benzene rings is 1. The van der Waals surface area contributed by atoms with Crippen LogP contribution in [0.2, 0.25) is 5.02 Å². The van der Waals surface area contributed by atoms with Crippen LogP contribution in [0.1, 0.15) is 25.7 Å². The highest BCUT2D eigenvalue weighted by molar-refractivity contribution is 7.89. The molecule has 0 radical (unpaired) electrons. The number of amides is 2. The van der Waals surface area contributed by atoms with Crippen LogP contribution in [0, 0.1) is 5.92 Å². The monoisotopic (exact) mass is 429 g/mol. The number of ether oxygens (including phenoxy) is 1. The van der Waals surface area contributed by atoms with Gasteiger partial charge in [0.2, 0.25) is 15.9 Å². The maximum atomic E-state index is 12.9. The highest BCUT2D eigenvalue weighted by Crippen LogP contribution is 2.31. The number of primary amides is 1. The first kappa shape index (κ1) is 20.9. The Balaban J connectivity index is 1.68. The summed E-state index contributed by atoms with van der Waals surface area (Å²) in [5.74, 6) is -0.709. The van der Waals surface area contributed by atoms with Crippen molar-refractivity contribution in [3.63, 3.8) is 0 Å². The highest BCUT2D eigenvalue weighted by atomic mass is 35.5. The molecule has 28 heavy (non-hydrogen) atoms. The molecule has 154 valence electrons. The Morgan fingerprint density at radius 3 is 2.39 bits per heavy atom. The third-order valence-corrected chi connectivity index (χ3v) is 7.34. The summed E-state index contributed by atoms with van der Waals surface area (Å²) in [4.78, 5) is 25.2. The average molecular weight is 430 g/mol. The first-order valence-corrected chi connectivity index (χ1v) is 11.1. The van der Waals surface area contributed by atoms with Gasteiger partial charge in [-0.25, -0.2) is 8.42 Å². The number of carbonyl (C=O) groups is 2. The SMILES string of the molecule is NC(=O)C1CCN(C(=O)COc2ccc(Cl)cc2S(=O)(=O)N2CCCC2)CC1. The van der Waals surface area contributed by atoms with E-state index in [1.165, 1.54) is 22.5 Å². The lowest BCUT2D eigenvalue weighted by Crippen LogP contribution is -2.43. The fourth-order valence-corrected chi connectivity index (χ4v) is 5.43. The number of likely N-dealkylation sites (tertiary alicyclic amines) is 1. The van der Waals surface area contributed by atoms with Crippen LogP contribution in [-0.2, 0) is 19.6 Å². The Hall–Kier alpha value is -1.84. The summed E-state index contributed by atoms with van der Waals surface area (Å²) >= 11 is 6.00. The molecule has 8 nitrogen and oxygen atoms in total. The van der Waals surface area contributed by atoms with Crippen LogP contribution in [-0.4, -0.2) is 62.2 Å². The molecule has 0 aromatic heterocycles. The van der Waals surface area contributed by atoms with Crippen molar-refractivity contribution < 1.29 is 22.7 Å². The van der Waals surface area contributed by atoms with Gasteiger partial charge >= 0.3 is 0 Å². The normalized spacial score (nSPS) is 19.0. The van der Waals surface area contributed by atoms with Crippen molar-refractivity contribution in [1.29, 1.82) is 0 Å². The molecular weight excluding hydrogens is 406 g/mol.